The number of nitrogens with zero attached hydrogens (tertiary/aromatic N) is 1. The van der Waals surface area contributed by atoms with Crippen LogP contribution in [0.1, 0.15) is 5.56 Å². The van der Waals surface area contributed by atoms with Gasteiger partial charge in [0, 0.05) is 11.8 Å². The van der Waals surface area contributed by atoms with Gasteiger partial charge >= 0.3 is 0 Å². The van der Waals surface area contributed by atoms with Crippen molar-refractivity contribution in [3.05, 3.63) is 54.2 Å². The van der Waals surface area contributed by atoms with E-state index in [1.807, 2.05) is 43.5 Å². The summed E-state index contributed by atoms with van der Waals surface area (Å²) < 4.78 is 0. The predicted molar refractivity (Wildman–Crippen MR) is 53.2 cm³/mol. The smallest absolute Gasteiger partial charge is 0.0702 e. The second-order valence-corrected chi connectivity index (χ2v) is 3.01. The second-order valence-electron chi connectivity index (χ2n) is 3.01. The van der Waals surface area contributed by atoms with Gasteiger partial charge in [0.2, 0.25) is 0 Å². The number of benzene rings is 1. The molecule has 0 saturated heterocycles. The lowest BCUT2D eigenvalue weighted by atomic mass is 10.1. The zero-order valence-corrected chi connectivity index (χ0v) is 7.49. The molecule has 63 valence electrons. The Kier molecular flexibility index (Phi) is 2.09. The minimum atomic E-state index is 1.00. The molecule has 0 spiro atoms. The maximum absolute atomic E-state index is 4.33. The molecule has 0 N–H and O–H groups in total. The lowest BCUT2D eigenvalue weighted by molar-refractivity contribution is 1.27. The van der Waals surface area contributed by atoms with Gasteiger partial charge in [-0.3, -0.25) is 4.98 Å². The van der Waals surface area contributed by atoms with E-state index in [1.165, 1.54) is 5.56 Å². The molecule has 0 fully saturated rings. The van der Waals surface area contributed by atoms with E-state index in [-0.39, 0.29) is 0 Å². The van der Waals surface area contributed by atoms with Gasteiger partial charge in [-0.05, 0) is 30.7 Å². The summed E-state index contributed by atoms with van der Waals surface area (Å²) in [7, 11) is 0. The molecule has 1 radical (unpaired) electrons. The summed E-state index contributed by atoms with van der Waals surface area (Å²) in [4.78, 5) is 4.33. The zero-order chi connectivity index (χ0) is 9.10. The Morgan fingerprint density at radius 2 is 2.15 bits per heavy atom. The Bertz CT molecular complexity index is 376. The van der Waals surface area contributed by atoms with Gasteiger partial charge in [-0.1, -0.05) is 24.3 Å². The number of hydrogen-bond donors (Lipinski definition) is 0. The maximum atomic E-state index is 4.33. The van der Waals surface area contributed by atoms with Gasteiger partial charge in [0.05, 0.1) is 5.69 Å². The van der Waals surface area contributed by atoms with Gasteiger partial charge in [0.1, 0.15) is 0 Å². The van der Waals surface area contributed by atoms with Crippen LogP contribution in [-0.2, 0) is 0 Å². The molecule has 13 heavy (non-hydrogen) atoms. The molecular formula is C12H10N. The molecule has 1 heterocycles. The van der Waals surface area contributed by atoms with Gasteiger partial charge < -0.3 is 0 Å². The molecule has 2 aromatic rings. The van der Waals surface area contributed by atoms with Crippen molar-refractivity contribution in [3.8, 4) is 11.3 Å². The van der Waals surface area contributed by atoms with Crippen molar-refractivity contribution >= 4 is 0 Å². The first-order chi connectivity index (χ1) is 6.36. The van der Waals surface area contributed by atoms with Gasteiger partial charge in [-0.25, -0.2) is 0 Å². The van der Waals surface area contributed by atoms with Gasteiger partial charge in [-0.15, -0.1) is 0 Å². The first-order valence-electron chi connectivity index (χ1n) is 4.25. The minimum Gasteiger partial charge on any atom is -0.256 e. The lowest BCUT2D eigenvalue weighted by Gasteiger charge is -1.99. The molecule has 0 saturated carbocycles. The molecule has 1 nitrogen and oxygen atoms in total. The number of aryl methyl sites for hydroxylation is 1. The summed E-state index contributed by atoms with van der Waals surface area (Å²) in [5.41, 5.74) is 3.30. The first kappa shape index (κ1) is 7.99. The van der Waals surface area contributed by atoms with Crippen LogP contribution in [0.4, 0.5) is 0 Å². The molecule has 0 bridgehead atoms. The van der Waals surface area contributed by atoms with Gasteiger partial charge in [0.15, 0.2) is 0 Å². The van der Waals surface area contributed by atoms with E-state index in [4.69, 9.17) is 0 Å². The fraction of sp³-hybridized carbons (Fsp3) is 0.0833. The van der Waals surface area contributed by atoms with Crippen LogP contribution >= 0.6 is 0 Å². The SMILES string of the molecule is Cc1ccc(-c2c[c]ccc2)nc1. The number of aromatic nitrogens is 1. The highest BCUT2D eigenvalue weighted by atomic mass is 14.7. The lowest BCUT2D eigenvalue weighted by Crippen LogP contribution is -1.82. The Morgan fingerprint density at radius 3 is 2.77 bits per heavy atom. The van der Waals surface area contributed by atoms with Crippen LogP contribution in [-0.4, -0.2) is 4.98 Å². The van der Waals surface area contributed by atoms with Crippen LogP contribution in [0.5, 0.6) is 0 Å². The first-order valence-corrected chi connectivity index (χ1v) is 4.25. The van der Waals surface area contributed by atoms with Gasteiger partial charge in [-0.2, -0.15) is 0 Å². The molecule has 0 atom stereocenters. The van der Waals surface area contributed by atoms with E-state index in [1.54, 1.807) is 0 Å². The molecule has 2 rings (SSSR count). The monoisotopic (exact) mass is 168 g/mol. The molecule has 0 amide bonds. The Morgan fingerprint density at radius 1 is 1.23 bits per heavy atom. The molecule has 1 aromatic heterocycles. The van der Waals surface area contributed by atoms with Crippen molar-refractivity contribution < 1.29 is 0 Å². The highest BCUT2D eigenvalue weighted by Gasteiger charge is 1.95. The van der Waals surface area contributed by atoms with Crippen molar-refractivity contribution in [2.24, 2.45) is 0 Å². The Hall–Kier alpha value is -1.63. The molecule has 1 heteroatoms. The van der Waals surface area contributed by atoms with Crippen molar-refractivity contribution in [2.45, 2.75) is 6.92 Å². The highest BCUT2D eigenvalue weighted by Crippen LogP contribution is 2.15. The number of hydrogen-bond acceptors (Lipinski definition) is 1. The summed E-state index contributed by atoms with van der Waals surface area (Å²) in [6.07, 6.45) is 1.88. The van der Waals surface area contributed by atoms with Crippen molar-refractivity contribution in [3.63, 3.8) is 0 Å². The Balaban J connectivity index is 2.42. The highest BCUT2D eigenvalue weighted by molar-refractivity contribution is 5.58. The van der Waals surface area contributed by atoms with Crippen LogP contribution in [0, 0.1) is 13.0 Å². The van der Waals surface area contributed by atoms with E-state index in [0.29, 0.717) is 0 Å². The molecule has 0 aliphatic rings. The molecule has 0 aliphatic carbocycles. The summed E-state index contributed by atoms with van der Waals surface area (Å²) >= 11 is 0. The summed E-state index contributed by atoms with van der Waals surface area (Å²) in [5.74, 6) is 0. The fourth-order valence-electron chi connectivity index (χ4n) is 1.19. The third kappa shape index (κ3) is 1.75. The molecule has 0 aliphatic heterocycles. The van der Waals surface area contributed by atoms with Crippen molar-refractivity contribution in [1.82, 2.24) is 4.98 Å². The van der Waals surface area contributed by atoms with Crippen LogP contribution in [0.3, 0.4) is 0 Å². The van der Waals surface area contributed by atoms with Crippen molar-refractivity contribution in [1.29, 1.82) is 0 Å². The van der Waals surface area contributed by atoms with E-state index in [9.17, 15) is 0 Å². The summed E-state index contributed by atoms with van der Waals surface area (Å²) in [5, 5.41) is 0. The van der Waals surface area contributed by atoms with Crippen LogP contribution in [0.25, 0.3) is 11.3 Å². The standard InChI is InChI=1S/C12H10N/c1-10-7-8-12(13-9-10)11-5-3-2-4-6-11/h2-3,5-9H,1H3. The molecule has 1 aromatic carbocycles. The van der Waals surface area contributed by atoms with E-state index in [2.05, 4.69) is 17.1 Å². The van der Waals surface area contributed by atoms with E-state index in [0.717, 1.165) is 11.3 Å². The third-order valence-corrected chi connectivity index (χ3v) is 1.91. The fourth-order valence-corrected chi connectivity index (χ4v) is 1.19. The third-order valence-electron chi connectivity index (χ3n) is 1.91. The van der Waals surface area contributed by atoms with Crippen LogP contribution < -0.4 is 0 Å². The molecule has 0 unspecified atom stereocenters. The number of pyridine rings is 1. The van der Waals surface area contributed by atoms with Crippen LogP contribution in [0.15, 0.2) is 42.6 Å². The Labute approximate surface area is 78.1 Å². The number of rotatable bonds is 1. The summed E-state index contributed by atoms with van der Waals surface area (Å²) in [6.45, 7) is 2.04. The van der Waals surface area contributed by atoms with Crippen molar-refractivity contribution in [2.75, 3.05) is 0 Å². The summed E-state index contributed by atoms with van der Waals surface area (Å²) in [6, 6.07) is 15.0. The largest absolute Gasteiger partial charge is 0.256 e. The topological polar surface area (TPSA) is 12.9 Å². The average Bonchev–Trinajstić information content (AvgIpc) is 2.20. The zero-order valence-electron chi connectivity index (χ0n) is 7.49. The normalized spacial score (nSPS) is 9.92. The minimum absolute atomic E-state index is 1.00. The second kappa shape index (κ2) is 3.40. The van der Waals surface area contributed by atoms with Gasteiger partial charge in [0.25, 0.3) is 0 Å². The predicted octanol–water partition coefficient (Wildman–Crippen LogP) is 2.86. The maximum Gasteiger partial charge on any atom is 0.0702 e. The molecular weight excluding hydrogens is 158 g/mol. The quantitative estimate of drug-likeness (QED) is 0.638. The van der Waals surface area contributed by atoms with E-state index >= 15 is 0 Å². The van der Waals surface area contributed by atoms with Crippen LogP contribution in [0.2, 0.25) is 0 Å². The average molecular weight is 168 g/mol. The van der Waals surface area contributed by atoms with E-state index < -0.39 is 0 Å².